The third-order valence-electron chi connectivity index (χ3n) is 5.38. The minimum atomic E-state index is 0.141. The fraction of sp³-hybridized carbons (Fsp3) is 0.261. The van der Waals surface area contributed by atoms with Crippen LogP contribution in [0, 0.1) is 11.3 Å². The molecule has 1 heterocycles. The molecule has 0 spiro atoms. The van der Waals surface area contributed by atoms with Crippen molar-refractivity contribution in [2.45, 2.75) is 18.8 Å². The second-order valence-electron chi connectivity index (χ2n) is 6.99. The monoisotopic (exact) mass is 401 g/mol. The molecule has 0 saturated carbocycles. The third-order valence-corrected chi connectivity index (χ3v) is 5.38. The summed E-state index contributed by atoms with van der Waals surface area (Å²) in [5.74, 6) is 2.82. The van der Waals surface area contributed by atoms with Crippen LogP contribution in [0.15, 0.2) is 42.5 Å². The number of benzene rings is 2. The van der Waals surface area contributed by atoms with Gasteiger partial charge in [-0.25, -0.2) is 4.98 Å². The number of fused-ring (bicyclic) bond motifs is 1. The number of para-hydroxylation sites is 1. The maximum absolute atomic E-state index is 9.19. The first-order chi connectivity index (χ1) is 14.7. The third kappa shape index (κ3) is 3.48. The molecule has 4 rings (SSSR count). The van der Waals surface area contributed by atoms with Crippen LogP contribution in [0.2, 0.25) is 0 Å². The van der Waals surface area contributed by atoms with Crippen molar-refractivity contribution in [3.63, 3.8) is 0 Å². The summed E-state index contributed by atoms with van der Waals surface area (Å²) in [6, 6.07) is 15.5. The van der Waals surface area contributed by atoms with E-state index in [4.69, 9.17) is 14.5 Å². The molecule has 3 aromatic rings. The maximum atomic E-state index is 9.19. The van der Waals surface area contributed by atoms with Gasteiger partial charge in [0, 0.05) is 35.8 Å². The first-order valence-electron chi connectivity index (χ1n) is 9.75. The quantitative estimate of drug-likeness (QED) is 0.638. The fourth-order valence-corrected chi connectivity index (χ4v) is 3.97. The average molecular weight is 401 g/mol. The van der Waals surface area contributed by atoms with Crippen LogP contribution in [-0.2, 0) is 6.42 Å². The summed E-state index contributed by atoms with van der Waals surface area (Å²) < 4.78 is 10.9. The van der Waals surface area contributed by atoms with Crippen molar-refractivity contribution in [3.8, 4) is 17.6 Å². The Kier molecular flexibility index (Phi) is 5.40. The highest BCUT2D eigenvalue weighted by Crippen LogP contribution is 2.43. The fourth-order valence-electron chi connectivity index (χ4n) is 3.97. The van der Waals surface area contributed by atoms with Crippen molar-refractivity contribution in [2.75, 3.05) is 31.9 Å². The Morgan fingerprint density at radius 3 is 2.60 bits per heavy atom. The number of methoxy groups -OCH3 is 2. The molecule has 7 nitrogen and oxygen atoms in total. The predicted octanol–water partition coefficient (Wildman–Crippen LogP) is 4.23. The Hall–Kier alpha value is -3.79. The van der Waals surface area contributed by atoms with Crippen LogP contribution in [0.25, 0.3) is 0 Å². The molecule has 0 fully saturated rings. The minimum absolute atomic E-state index is 0.141. The summed E-state index contributed by atoms with van der Waals surface area (Å²) in [6.45, 7) is 0. The summed E-state index contributed by atoms with van der Waals surface area (Å²) in [6.07, 6.45) is 1.85. The van der Waals surface area contributed by atoms with Gasteiger partial charge in [0.1, 0.15) is 23.4 Å². The minimum Gasteiger partial charge on any atom is -0.496 e. The molecular formula is C23H23N5O2. The zero-order valence-corrected chi connectivity index (χ0v) is 17.2. The van der Waals surface area contributed by atoms with Crippen molar-refractivity contribution in [1.29, 1.82) is 5.26 Å². The highest BCUT2D eigenvalue weighted by Gasteiger charge is 2.31. The van der Waals surface area contributed by atoms with Crippen molar-refractivity contribution in [1.82, 2.24) is 9.97 Å². The average Bonchev–Trinajstić information content (AvgIpc) is 3.22. The molecule has 2 N–H and O–H groups in total. The van der Waals surface area contributed by atoms with Crippen molar-refractivity contribution >= 4 is 17.5 Å². The smallest absolute Gasteiger partial charge is 0.229 e. The molecule has 1 aromatic heterocycles. The zero-order chi connectivity index (χ0) is 21.1. The van der Waals surface area contributed by atoms with Gasteiger partial charge in [0.05, 0.1) is 25.5 Å². The van der Waals surface area contributed by atoms with Gasteiger partial charge >= 0.3 is 0 Å². The lowest BCUT2D eigenvalue weighted by molar-refractivity contribution is 0.407. The molecule has 1 aliphatic carbocycles. The van der Waals surface area contributed by atoms with Crippen LogP contribution < -0.4 is 20.1 Å². The van der Waals surface area contributed by atoms with Gasteiger partial charge in [0.15, 0.2) is 0 Å². The Labute approximate surface area is 175 Å². The second kappa shape index (κ2) is 8.29. The molecule has 1 unspecified atom stereocenters. The van der Waals surface area contributed by atoms with Crippen LogP contribution in [0.1, 0.15) is 34.7 Å². The van der Waals surface area contributed by atoms with Crippen LogP contribution in [0.3, 0.4) is 0 Å². The lowest BCUT2D eigenvalue weighted by Crippen LogP contribution is -2.08. The van der Waals surface area contributed by atoms with Gasteiger partial charge in [0.25, 0.3) is 0 Å². The van der Waals surface area contributed by atoms with Crippen LogP contribution in [0.5, 0.6) is 11.5 Å². The largest absolute Gasteiger partial charge is 0.496 e. The van der Waals surface area contributed by atoms with E-state index in [1.807, 2.05) is 31.3 Å². The maximum Gasteiger partial charge on any atom is 0.229 e. The van der Waals surface area contributed by atoms with E-state index < -0.39 is 0 Å². The standard InChI is InChI=1S/C23H23N5O2/c1-25-22-18-11-10-17(16-6-4-5-7-19(16)29-2)21(18)27-23(28-22)26-15-9-8-14(13-24)20(12-15)30-3/h4-9,12,17H,10-11H2,1-3H3,(H2,25,26,27,28). The SMILES string of the molecule is CNc1nc(Nc2ccc(C#N)c(OC)c2)nc2c1CCC2c1ccccc1OC. The van der Waals surface area contributed by atoms with E-state index in [0.29, 0.717) is 17.3 Å². The molecule has 0 aliphatic heterocycles. The Balaban J connectivity index is 1.73. The van der Waals surface area contributed by atoms with Crippen LogP contribution in [0.4, 0.5) is 17.5 Å². The highest BCUT2D eigenvalue weighted by atomic mass is 16.5. The number of nitrogens with one attached hydrogen (secondary N) is 2. The van der Waals surface area contributed by atoms with Gasteiger partial charge in [-0.15, -0.1) is 0 Å². The first-order valence-corrected chi connectivity index (χ1v) is 9.75. The predicted molar refractivity (Wildman–Crippen MR) is 116 cm³/mol. The second-order valence-corrected chi connectivity index (χ2v) is 6.99. The molecule has 152 valence electrons. The molecular weight excluding hydrogens is 378 g/mol. The topological polar surface area (TPSA) is 92.1 Å². The number of ether oxygens (including phenoxy) is 2. The molecule has 2 aromatic carbocycles. The molecule has 0 bridgehead atoms. The van der Waals surface area contributed by atoms with E-state index in [0.717, 1.165) is 46.9 Å². The normalized spacial score (nSPS) is 14.5. The summed E-state index contributed by atoms with van der Waals surface area (Å²) in [4.78, 5) is 9.52. The van der Waals surface area contributed by atoms with Gasteiger partial charge in [-0.2, -0.15) is 10.2 Å². The van der Waals surface area contributed by atoms with Crippen LogP contribution >= 0.6 is 0 Å². The Morgan fingerprint density at radius 1 is 1.07 bits per heavy atom. The lowest BCUT2D eigenvalue weighted by atomic mass is 9.95. The molecule has 30 heavy (non-hydrogen) atoms. The van der Waals surface area contributed by atoms with E-state index in [-0.39, 0.29) is 5.92 Å². The first kappa shape index (κ1) is 19.5. The number of hydrogen-bond acceptors (Lipinski definition) is 7. The van der Waals surface area contributed by atoms with E-state index in [2.05, 4.69) is 27.8 Å². The Bertz CT molecular complexity index is 1120. The van der Waals surface area contributed by atoms with Gasteiger partial charge in [0.2, 0.25) is 5.95 Å². The van der Waals surface area contributed by atoms with Crippen molar-refractivity contribution in [3.05, 3.63) is 64.8 Å². The van der Waals surface area contributed by atoms with E-state index in [9.17, 15) is 5.26 Å². The number of rotatable bonds is 6. The van der Waals surface area contributed by atoms with Crippen LogP contribution in [-0.4, -0.2) is 31.2 Å². The van der Waals surface area contributed by atoms with E-state index in [1.54, 1.807) is 26.4 Å². The number of nitriles is 1. The number of nitrogens with zero attached hydrogens (tertiary/aromatic N) is 3. The van der Waals surface area contributed by atoms with Gasteiger partial charge < -0.3 is 20.1 Å². The van der Waals surface area contributed by atoms with E-state index >= 15 is 0 Å². The van der Waals surface area contributed by atoms with E-state index in [1.165, 1.54) is 0 Å². The van der Waals surface area contributed by atoms with Gasteiger partial charge in [-0.1, -0.05) is 18.2 Å². The zero-order valence-electron chi connectivity index (χ0n) is 17.2. The summed E-state index contributed by atoms with van der Waals surface area (Å²) in [5.41, 5.74) is 4.49. The molecule has 0 amide bonds. The summed E-state index contributed by atoms with van der Waals surface area (Å²) >= 11 is 0. The Morgan fingerprint density at radius 2 is 1.87 bits per heavy atom. The number of anilines is 3. The number of aromatic nitrogens is 2. The lowest BCUT2D eigenvalue weighted by Gasteiger charge is -2.17. The summed E-state index contributed by atoms with van der Waals surface area (Å²) in [5, 5.41) is 15.6. The highest BCUT2D eigenvalue weighted by molar-refractivity contribution is 5.63. The molecule has 0 radical (unpaired) electrons. The van der Waals surface area contributed by atoms with Gasteiger partial charge in [-0.05, 0) is 31.0 Å². The molecule has 1 atom stereocenters. The van der Waals surface area contributed by atoms with Crippen molar-refractivity contribution in [2.24, 2.45) is 0 Å². The van der Waals surface area contributed by atoms with Crippen molar-refractivity contribution < 1.29 is 9.47 Å². The molecule has 7 heteroatoms. The number of hydrogen-bond donors (Lipinski definition) is 2. The molecule has 0 saturated heterocycles. The summed E-state index contributed by atoms with van der Waals surface area (Å²) in [7, 11) is 5.11. The van der Waals surface area contributed by atoms with Gasteiger partial charge in [-0.3, -0.25) is 0 Å². The molecule has 1 aliphatic rings.